The first-order valence-electron chi connectivity index (χ1n) is 7.64. The molecule has 0 bridgehead atoms. The number of halogens is 1. The number of hydrogen-bond acceptors (Lipinski definition) is 4. The molecule has 0 aliphatic carbocycles. The van der Waals surface area contributed by atoms with Crippen LogP contribution in [0, 0.1) is 0 Å². The molecule has 0 atom stereocenters. The summed E-state index contributed by atoms with van der Waals surface area (Å²) in [6.07, 6.45) is 3.58. The van der Waals surface area contributed by atoms with Gasteiger partial charge in [0.05, 0.1) is 12.1 Å². The van der Waals surface area contributed by atoms with Gasteiger partial charge in [-0.3, -0.25) is 9.48 Å². The number of ether oxygens (including phenoxy) is 1. The van der Waals surface area contributed by atoms with E-state index in [2.05, 4.69) is 5.10 Å². The second-order valence-electron chi connectivity index (χ2n) is 5.41. The van der Waals surface area contributed by atoms with E-state index in [0.29, 0.717) is 22.7 Å². The SMILES string of the molecule is O=C(COC(=O)c1ccc(Cn2cccn2)cc1)c1ccc(Cl)cc1. The molecule has 0 saturated heterocycles. The molecule has 0 radical (unpaired) electrons. The zero-order valence-corrected chi connectivity index (χ0v) is 14.0. The molecule has 0 amide bonds. The van der Waals surface area contributed by atoms with Gasteiger partial charge in [-0.05, 0) is 48.0 Å². The van der Waals surface area contributed by atoms with Crippen LogP contribution in [0.5, 0.6) is 0 Å². The van der Waals surface area contributed by atoms with Gasteiger partial charge in [0, 0.05) is 23.0 Å². The fraction of sp³-hybridized carbons (Fsp3) is 0.105. The zero-order valence-electron chi connectivity index (χ0n) is 13.3. The lowest BCUT2D eigenvalue weighted by atomic mass is 10.1. The van der Waals surface area contributed by atoms with Gasteiger partial charge in [0.25, 0.3) is 0 Å². The monoisotopic (exact) mass is 354 g/mol. The van der Waals surface area contributed by atoms with Gasteiger partial charge in [-0.15, -0.1) is 0 Å². The largest absolute Gasteiger partial charge is 0.454 e. The molecule has 1 aromatic heterocycles. The molecule has 25 heavy (non-hydrogen) atoms. The van der Waals surface area contributed by atoms with Gasteiger partial charge in [0.2, 0.25) is 0 Å². The molecule has 0 saturated carbocycles. The Morgan fingerprint density at radius 1 is 1.00 bits per heavy atom. The zero-order chi connectivity index (χ0) is 17.6. The smallest absolute Gasteiger partial charge is 0.338 e. The van der Waals surface area contributed by atoms with Crippen LogP contribution in [-0.4, -0.2) is 28.1 Å². The molecule has 5 nitrogen and oxygen atoms in total. The third-order valence-corrected chi connectivity index (χ3v) is 3.85. The number of carbonyl (C=O) groups excluding carboxylic acids is 2. The Morgan fingerprint density at radius 2 is 1.68 bits per heavy atom. The summed E-state index contributed by atoms with van der Waals surface area (Å²) < 4.78 is 6.87. The van der Waals surface area contributed by atoms with Crippen molar-refractivity contribution >= 4 is 23.4 Å². The van der Waals surface area contributed by atoms with Crippen molar-refractivity contribution in [2.75, 3.05) is 6.61 Å². The van der Waals surface area contributed by atoms with Crippen molar-refractivity contribution in [3.05, 3.63) is 88.7 Å². The second-order valence-corrected chi connectivity index (χ2v) is 5.84. The molecule has 1 heterocycles. The van der Waals surface area contributed by atoms with Crippen LogP contribution in [0.25, 0.3) is 0 Å². The number of carbonyl (C=O) groups is 2. The van der Waals surface area contributed by atoms with Crippen LogP contribution in [0.3, 0.4) is 0 Å². The van der Waals surface area contributed by atoms with Gasteiger partial charge in [-0.25, -0.2) is 4.79 Å². The molecule has 3 aromatic rings. The summed E-state index contributed by atoms with van der Waals surface area (Å²) in [5.41, 5.74) is 1.86. The van der Waals surface area contributed by atoms with Gasteiger partial charge in [0.15, 0.2) is 12.4 Å². The van der Waals surface area contributed by atoms with Gasteiger partial charge in [-0.2, -0.15) is 5.10 Å². The number of ketones is 1. The van der Waals surface area contributed by atoms with Crippen molar-refractivity contribution < 1.29 is 14.3 Å². The summed E-state index contributed by atoms with van der Waals surface area (Å²) in [4.78, 5) is 24.0. The highest BCUT2D eigenvalue weighted by Crippen LogP contribution is 2.11. The highest BCUT2D eigenvalue weighted by molar-refractivity contribution is 6.30. The Kier molecular flexibility index (Phi) is 5.26. The van der Waals surface area contributed by atoms with E-state index in [1.54, 1.807) is 47.3 Å². The number of nitrogens with zero attached hydrogens (tertiary/aromatic N) is 2. The quantitative estimate of drug-likeness (QED) is 0.501. The van der Waals surface area contributed by atoms with Crippen molar-refractivity contribution in [3.63, 3.8) is 0 Å². The minimum Gasteiger partial charge on any atom is -0.454 e. The molecule has 0 fully saturated rings. The standard InChI is InChI=1S/C19H15ClN2O3/c20-17-8-6-15(7-9-17)18(23)13-25-19(24)16-4-2-14(3-5-16)12-22-11-1-10-21-22/h1-11H,12-13H2. The predicted octanol–water partition coefficient (Wildman–Crippen LogP) is 3.62. The molecular weight excluding hydrogens is 340 g/mol. The lowest BCUT2D eigenvalue weighted by molar-refractivity contribution is 0.0475. The maximum Gasteiger partial charge on any atom is 0.338 e. The molecule has 0 aliphatic heterocycles. The summed E-state index contributed by atoms with van der Waals surface area (Å²) in [7, 11) is 0. The van der Waals surface area contributed by atoms with Crippen molar-refractivity contribution in [2.45, 2.75) is 6.54 Å². The molecule has 2 aromatic carbocycles. The van der Waals surface area contributed by atoms with E-state index < -0.39 is 5.97 Å². The molecule has 0 spiro atoms. The number of rotatable bonds is 6. The molecule has 6 heteroatoms. The summed E-state index contributed by atoms with van der Waals surface area (Å²) in [5, 5.41) is 4.68. The predicted molar refractivity (Wildman–Crippen MR) is 93.8 cm³/mol. The van der Waals surface area contributed by atoms with Crippen LogP contribution < -0.4 is 0 Å². The molecule has 126 valence electrons. The number of hydrogen-bond donors (Lipinski definition) is 0. The van der Waals surface area contributed by atoms with E-state index in [9.17, 15) is 9.59 Å². The van der Waals surface area contributed by atoms with E-state index in [1.165, 1.54) is 0 Å². The fourth-order valence-corrected chi connectivity index (χ4v) is 2.39. The minimum atomic E-state index is -0.534. The van der Waals surface area contributed by atoms with Crippen LogP contribution in [-0.2, 0) is 11.3 Å². The maximum atomic E-state index is 12.0. The number of aromatic nitrogens is 2. The van der Waals surface area contributed by atoms with Gasteiger partial charge >= 0.3 is 5.97 Å². The maximum absolute atomic E-state index is 12.0. The fourth-order valence-electron chi connectivity index (χ4n) is 2.26. The third-order valence-electron chi connectivity index (χ3n) is 3.59. The van der Waals surface area contributed by atoms with Crippen LogP contribution in [0.4, 0.5) is 0 Å². The highest BCUT2D eigenvalue weighted by atomic mass is 35.5. The molecule has 0 aliphatic rings. The Morgan fingerprint density at radius 3 is 2.32 bits per heavy atom. The first-order chi connectivity index (χ1) is 12.1. The minimum absolute atomic E-state index is 0.277. The second kappa shape index (κ2) is 7.77. The number of esters is 1. The molecule has 0 unspecified atom stereocenters. The van der Waals surface area contributed by atoms with E-state index in [-0.39, 0.29) is 12.4 Å². The number of Topliss-reactive ketones (excluding diaryl/α,β-unsaturated/α-hetero) is 1. The van der Waals surface area contributed by atoms with Crippen LogP contribution in [0.15, 0.2) is 67.0 Å². The van der Waals surface area contributed by atoms with Crippen molar-refractivity contribution in [3.8, 4) is 0 Å². The van der Waals surface area contributed by atoms with Crippen LogP contribution in [0.1, 0.15) is 26.3 Å². The van der Waals surface area contributed by atoms with E-state index in [4.69, 9.17) is 16.3 Å². The topological polar surface area (TPSA) is 61.2 Å². The van der Waals surface area contributed by atoms with E-state index >= 15 is 0 Å². The Bertz CT molecular complexity index is 857. The summed E-state index contributed by atoms with van der Waals surface area (Å²) in [6.45, 7) is 0.312. The first-order valence-corrected chi connectivity index (χ1v) is 8.02. The summed E-state index contributed by atoms with van der Waals surface area (Å²) in [6, 6.07) is 15.3. The van der Waals surface area contributed by atoms with Gasteiger partial charge in [-0.1, -0.05) is 23.7 Å². The Labute approximate surface area is 149 Å². The molecular formula is C19H15ClN2O3. The lowest BCUT2D eigenvalue weighted by Gasteiger charge is -2.06. The van der Waals surface area contributed by atoms with Crippen molar-refractivity contribution in [2.24, 2.45) is 0 Å². The van der Waals surface area contributed by atoms with Gasteiger partial charge < -0.3 is 4.74 Å². The average Bonchev–Trinajstić information content (AvgIpc) is 3.13. The van der Waals surface area contributed by atoms with E-state index in [1.807, 2.05) is 24.4 Å². The van der Waals surface area contributed by atoms with E-state index in [0.717, 1.165) is 5.56 Å². The third kappa shape index (κ3) is 4.55. The average molecular weight is 355 g/mol. The van der Waals surface area contributed by atoms with Crippen molar-refractivity contribution in [1.82, 2.24) is 9.78 Å². The van der Waals surface area contributed by atoms with Gasteiger partial charge in [0.1, 0.15) is 0 Å². The van der Waals surface area contributed by atoms with Crippen molar-refractivity contribution in [1.29, 1.82) is 0 Å². The summed E-state index contributed by atoms with van der Waals surface area (Å²) in [5.74, 6) is -0.812. The molecule has 3 rings (SSSR count). The summed E-state index contributed by atoms with van der Waals surface area (Å²) >= 11 is 5.78. The van der Waals surface area contributed by atoms with Crippen LogP contribution >= 0.6 is 11.6 Å². The Hall–Kier alpha value is -2.92. The van der Waals surface area contributed by atoms with Crippen LogP contribution in [0.2, 0.25) is 5.02 Å². The Balaban J connectivity index is 1.55. The first kappa shape index (κ1) is 16.9. The molecule has 0 N–H and O–H groups in total. The normalized spacial score (nSPS) is 10.4. The highest BCUT2D eigenvalue weighted by Gasteiger charge is 2.12. The number of benzene rings is 2. The lowest BCUT2D eigenvalue weighted by Crippen LogP contribution is -2.14.